The molecule has 1 N–H and O–H groups in total. The van der Waals surface area contributed by atoms with Crippen molar-refractivity contribution in [1.82, 2.24) is 4.90 Å². The van der Waals surface area contributed by atoms with Crippen molar-refractivity contribution in [3.63, 3.8) is 0 Å². The average molecular weight is 401 g/mol. The van der Waals surface area contributed by atoms with E-state index < -0.39 is 17.5 Å². The third-order valence-electron chi connectivity index (χ3n) is 5.61. The van der Waals surface area contributed by atoms with Crippen molar-refractivity contribution in [2.24, 2.45) is 0 Å². The highest BCUT2D eigenvalue weighted by Gasteiger charge is 2.49. The Morgan fingerprint density at radius 3 is 2.55 bits per heavy atom. The highest BCUT2D eigenvalue weighted by molar-refractivity contribution is 5.69. The number of fused-ring (bicyclic) bond motifs is 2. The van der Waals surface area contributed by atoms with Crippen LogP contribution in [0.2, 0.25) is 0 Å². The van der Waals surface area contributed by atoms with Gasteiger partial charge in [0.1, 0.15) is 18.2 Å². The van der Waals surface area contributed by atoms with E-state index in [9.17, 15) is 14.3 Å². The molecule has 1 amide bonds. The number of hydrogen-bond donors (Lipinski definition) is 1. The molecular weight excluding hydrogens is 377 g/mol. The first-order valence-electron chi connectivity index (χ1n) is 9.63. The van der Waals surface area contributed by atoms with Gasteiger partial charge < -0.3 is 19.3 Å². The van der Waals surface area contributed by atoms with Crippen molar-refractivity contribution in [3.8, 4) is 5.75 Å². The zero-order valence-electron chi connectivity index (χ0n) is 16.2. The molecule has 2 fully saturated rings. The molecular formula is C22H24FNO5. The van der Waals surface area contributed by atoms with Crippen LogP contribution in [0.5, 0.6) is 5.75 Å². The van der Waals surface area contributed by atoms with Gasteiger partial charge in [-0.2, -0.15) is 0 Å². The molecule has 0 aromatic heterocycles. The molecule has 4 rings (SSSR count). The van der Waals surface area contributed by atoms with Crippen molar-refractivity contribution in [3.05, 3.63) is 65.5 Å². The van der Waals surface area contributed by atoms with E-state index in [1.54, 1.807) is 11.0 Å². The Hall–Kier alpha value is -2.64. The molecule has 6 nitrogen and oxygen atoms in total. The summed E-state index contributed by atoms with van der Waals surface area (Å²) in [6, 6.07) is 13.0. The summed E-state index contributed by atoms with van der Waals surface area (Å²) < 4.78 is 30.3. The van der Waals surface area contributed by atoms with E-state index in [2.05, 4.69) is 0 Å². The van der Waals surface area contributed by atoms with Gasteiger partial charge in [0.2, 0.25) is 0 Å². The minimum atomic E-state index is -1.27. The molecule has 2 bridgehead atoms. The molecule has 154 valence electrons. The highest BCUT2D eigenvalue weighted by Crippen LogP contribution is 2.42. The summed E-state index contributed by atoms with van der Waals surface area (Å²) in [5.74, 6) is -0.126. The number of morpholine rings is 1. The van der Waals surface area contributed by atoms with Crippen LogP contribution in [0.4, 0.5) is 9.18 Å². The van der Waals surface area contributed by atoms with Gasteiger partial charge in [-0.1, -0.05) is 30.3 Å². The van der Waals surface area contributed by atoms with Crippen LogP contribution in [0, 0.1) is 5.82 Å². The first kappa shape index (κ1) is 19.7. The molecule has 2 saturated heterocycles. The van der Waals surface area contributed by atoms with E-state index in [-0.39, 0.29) is 31.5 Å². The Bertz CT molecular complexity index is 861. The monoisotopic (exact) mass is 401 g/mol. The summed E-state index contributed by atoms with van der Waals surface area (Å²) >= 11 is 0. The van der Waals surface area contributed by atoms with Gasteiger partial charge in [-0.25, -0.2) is 9.18 Å². The third-order valence-corrected chi connectivity index (χ3v) is 5.61. The van der Waals surface area contributed by atoms with Gasteiger partial charge in [0.25, 0.3) is 0 Å². The van der Waals surface area contributed by atoms with Crippen LogP contribution in [-0.2, 0) is 21.7 Å². The first-order valence-corrected chi connectivity index (χ1v) is 9.63. The van der Waals surface area contributed by atoms with Crippen LogP contribution in [0.15, 0.2) is 48.5 Å². The van der Waals surface area contributed by atoms with Crippen LogP contribution in [0.25, 0.3) is 0 Å². The number of nitrogens with zero attached hydrogens (tertiary/aromatic N) is 1. The standard InChI is InChI=1S/C22H24FNO5/c1-27-20-8-16(7-17(23)9-20)22(26)10-18-13-28-14-19(11-22)24(18)21(25)29-12-15-5-3-2-4-6-15/h2-9,18-19,26H,10-14H2,1H3. The number of hydrogen-bond acceptors (Lipinski definition) is 5. The van der Waals surface area contributed by atoms with Crippen LogP contribution in [-0.4, -0.2) is 48.5 Å². The lowest BCUT2D eigenvalue weighted by Gasteiger charge is -2.51. The van der Waals surface area contributed by atoms with Crippen LogP contribution in [0.3, 0.4) is 0 Å². The minimum absolute atomic E-state index is 0.182. The summed E-state index contributed by atoms with van der Waals surface area (Å²) in [6.07, 6.45) is 0.0404. The molecule has 2 aliphatic heterocycles. The van der Waals surface area contributed by atoms with Crippen LogP contribution < -0.4 is 4.74 Å². The smallest absolute Gasteiger partial charge is 0.410 e. The quantitative estimate of drug-likeness (QED) is 0.852. The molecule has 2 aliphatic rings. The van der Waals surface area contributed by atoms with Gasteiger partial charge in [0.15, 0.2) is 0 Å². The van der Waals surface area contributed by atoms with E-state index >= 15 is 0 Å². The molecule has 0 saturated carbocycles. The van der Waals surface area contributed by atoms with Gasteiger partial charge in [0, 0.05) is 18.9 Å². The molecule has 2 aromatic carbocycles. The number of ether oxygens (including phenoxy) is 3. The molecule has 2 aromatic rings. The second kappa shape index (κ2) is 8.00. The maximum absolute atomic E-state index is 14.0. The second-order valence-electron chi connectivity index (χ2n) is 7.61. The lowest BCUT2D eigenvalue weighted by Crippen LogP contribution is -2.62. The van der Waals surface area contributed by atoms with Crippen molar-refractivity contribution < 1.29 is 28.5 Å². The zero-order valence-corrected chi connectivity index (χ0v) is 16.2. The third kappa shape index (κ3) is 4.06. The van der Waals surface area contributed by atoms with Gasteiger partial charge in [-0.05, 0) is 23.3 Å². The molecule has 2 unspecified atom stereocenters. The molecule has 0 radical (unpaired) electrons. The Balaban J connectivity index is 1.51. The number of piperidine rings is 1. The Morgan fingerprint density at radius 1 is 1.21 bits per heavy atom. The summed E-state index contributed by atoms with van der Waals surface area (Å²) in [4.78, 5) is 14.4. The fraction of sp³-hybridized carbons (Fsp3) is 0.409. The van der Waals surface area contributed by atoms with Crippen molar-refractivity contribution in [2.75, 3.05) is 20.3 Å². The maximum Gasteiger partial charge on any atom is 0.410 e. The van der Waals surface area contributed by atoms with Crippen LogP contribution in [0.1, 0.15) is 24.0 Å². The van der Waals surface area contributed by atoms with Crippen molar-refractivity contribution >= 4 is 6.09 Å². The number of amides is 1. The molecule has 0 aliphatic carbocycles. The molecule has 2 atom stereocenters. The zero-order chi connectivity index (χ0) is 20.4. The van der Waals surface area contributed by atoms with Crippen molar-refractivity contribution in [2.45, 2.75) is 37.1 Å². The summed E-state index contributed by atoms with van der Waals surface area (Å²) in [5, 5.41) is 11.3. The predicted octanol–water partition coefficient (Wildman–Crippen LogP) is 3.22. The predicted molar refractivity (Wildman–Crippen MR) is 103 cm³/mol. The lowest BCUT2D eigenvalue weighted by molar-refractivity contribution is -0.137. The molecule has 0 spiro atoms. The van der Waals surface area contributed by atoms with Gasteiger partial charge >= 0.3 is 6.09 Å². The first-order chi connectivity index (χ1) is 14.0. The minimum Gasteiger partial charge on any atom is -0.497 e. The summed E-state index contributed by atoms with van der Waals surface area (Å²) in [5.41, 5.74) is 0.0798. The maximum atomic E-state index is 14.0. The van der Waals surface area contributed by atoms with E-state index in [0.29, 0.717) is 24.5 Å². The molecule has 7 heteroatoms. The van der Waals surface area contributed by atoms with Crippen molar-refractivity contribution in [1.29, 1.82) is 0 Å². The summed E-state index contributed by atoms with van der Waals surface area (Å²) in [7, 11) is 1.45. The summed E-state index contributed by atoms with van der Waals surface area (Å²) in [6.45, 7) is 0.777. The topological polar surface area (TPSA) is 68.2 Å². The normalized spacial score (nSPS) is 26.1. The second-order valence-corrected chi connectivity index (χ2v) is 7.61. The van der Waals surface area contributed by atoms with E-state index in [1.165, 1.54) is 19.2 Å². The molecule has 29 heavy (non-hydrogen) atoms. The Kier molecular flexibility index (Phi) is 5.43. The van der Waals surface area contributed by atoms with Gasteiger partial charge in [0.05, 0.1) is 38.0 Å². The lowest BCUT2D eigenvalue weighted by atomic mass is 9.77. The van der Waals surface area contributed by atoms with E-state index in [1.807, 2.05) is 30.3 Å². The fourth-order valence-corrected chi connectivity index (χ4v) is 4.25. The van der Waals surface area contributed by atoms with Gasteiger partial charge in [-0.3, -0.25) is 4.90 Å². The SMILES string of the molecule is COc1cc(F)cc(C2(O)CC3COCC(C2)N3C(=O)OCc2ccccc2)c1. The number of halogens is 1. The van der Waals surface area contributed by atoms with E-state index in [0.717, 1.165) is 5.56 Å². The number of aliphatic hydroxyl groups is 1. The average Bonchev–Trinajstić information content (AvgIpc) is 2.71. The Labute approximate surface area is 168 Å². The number of carbonyl (C=O) groups is 1. The number of methoxy groups -OCH3 is 1. The van der Waals surface area contributed by atoms with Crippen LogP contribution >= 0.6 is 0 Å². The van der Waals surface area contributed by atoms with E-state index in [4.69, 9.17) is 14.2 Å². The largest absolute Gasteiger partial charge is 0.497 e. The van der Waals surface area contributed by atoms with Gasteiger partial charge in [-0.15, -0.1) is 0 Å². The Morgan fingerprint density at radius 2 is 1.90 bits per heavy atom. The molecule has 2 heterocycles. The highest BCUT2D eigenvalue weighted by atomic mass is 19.1. The fourth-order valence-electron chi connectivity index (χ4n) is 4.25. The number of rotatable bonds is 4. The number of benzene rings is 2. The number of carbonyl (C=O) groups excluding carboxylic acids is 1.